The Morgan fingerprint density at radius 3 is 2.58 bits per heavy atom. The van der Waals surface area contributed by atoms with Gasteiger partial charge in [0.25, 0.3) is 0 Å². The largest absolute Gasteiger partial charge is 0.464 e. The van der Waals surface area contributed by atoms with Crippen LogP contribution in [0.5, 0.6) is 0 Å². The average molecular weight is 446 g/mol. The Hall–Kier alpha value is -2.06. The number of benzene rings is 1. The highest BCUT2D eigenvalue weighted by atomic mass is 32.2. The summed E-state index contributed by atoms with van der Waals surface area (Å²) in [4.78, 5) is 40.0. The van der Waals surface area contributed by atoms with Crippen molar-refractivity contribution < 1.29 is 19.1 Å². The first-order chi connectivity index (χ1) is 14.8. The highest BCUT2D eigenvalue weighted by Crippen LogP contribution is 2.51. The normalized spacial score (nSPS) is 28.4. The van der Waals surface area contributed by atoms with Crippen LogP contribution in [0.3, 0.4) is 0 Å². The molecule has 0 bridgehead atoms. The lowest BCUT2D eigenvalue weighted by Gasteiger charge is -2.44. The van der Waals surface area contributed by atoms with Crippen LogP contribution in [0.1, 0.15) is 57.6 Å². The Balaban J connectivity index is 1.37. The molecule has 4 rings (SSSR count). The van der Waals surface area contributed by atoms with Crippen molar-refractivity contribution in [2.45, 2.75) is 74.2 Å². The van der Waals surface area contributed by atoms with Crippen molar-refractivity contribution in [3.63, 3.8) is 0 Å². The summed E-state index contributed by atoms with van der Waals surface area (Å²) < 4.78 is 5.17. The van der Waals surface area contributed by atoms with E-state index in [1.807, 2.05) is 32.0 Å². The van der Waals surface area contributed by atoms with Gasteiger partial charge in [-0.25, -0.2) is 4.79 Å². The SMILES string of the molecule is CC1(C)SC2C(NC(=O)[C@H](N)c3ccccc3)C(=O)N2C1C(=O)OCC1CCCCC1. The third-order valence-corrected chi connectivity index (χ3v) is 8.16. The van der Waals surface area contributed by atoms with Crippen LogP contribution in [0.15, 0.2) is 30.3 Å². The number of rotatable bonds is 6. The van der Waals surface area contributed by atoms with Gasteiger partial charge in [-0.3, -0.25) is 9.59 Å². The summed E-state index contributed by atoms with van der Waals surface area (Å²) in [5, 5.41) is 2.50. The van der Waals surface area contributed by atoms with Crippen LogP contribution in [-0.2, 0) is 19.1 Å². The maximum atomic E-state index is 12.9. The predicted molar refractivity (Wildman–Crippen MR) is 119 cm³/mol. The van der Waals surface area contributed by atoms with E-state index in [1.54, 1.807) is 17.0 Å². The first-order valence-corrected chi connectivity index (χ1v) is 11.9. The molecule has 0 aromatic heterocycles. The highest BCUT2D eigenvalue weighted by molar-refractivity contribution is 8.01. The number of hydrogen-bond donors (Lipinski definition) is 2. The molecule has 1 saturated carbocycles. The fourth-order valence-electron chi connectivity index (χ4n) is 4.81. The number of carbonyl (C=O) groups is 3. The molecule has 1 aliphatic carbocycles. The van der Waals surface area contributed by atoms with Gasteiger partial charge >= 0.3 is 5.97 Å². The van der Waals surface area contributed by atoms with E-state index >= 15 is 0 Å². The van der Waals surface area contributed by atoms with E-state index in [9.17, 15) is 14.4 Å². The van der Waals surface area contributed by atoms with Gasteiger partial charge in [0.05, 0.1) is 6.61 Å². The number of amides is 2. The number of thioether (sulfide) groups is 1. The van der Waals surface area contributed by atoms with Crippen LogP contribution in [0, 0.1) is 5.92 Å². The molecule has 0 radical (unpaired) electrons. The Bertz CT molecular complexity index is 840. The van der Waals surface area contributed by atoms with Gasteiger partial charge in [-0.05, 0) is 38.2 Å². The lowest BCUT2D eigenvalue weighted by molar-refractivity contribution is -0.165. The molecule has 7 nitrogen and oxygen atoms in total. The molecule has 0 spiro atoms. The molecule has 1 aromatic carbocycles. The van der Waals surface area contributed by atoms with Crippen LogP contribution >= 0.6 is 11.8 Å². The molecule has 3 N–H and O–H groups in total. The molecule has 2 heterocycles. The van der Waals surface area contributed by atoms with E-state index in [-0.39, 0.29) is 17.3 Å². The summed E-state index contributed by atoms with van der Waals surface area (Å²) in [5.41, 5.74) is 6.76. The quantitative estimate of drug-likeness (QED) is 0.515. The number of nitrogens with two attached hydrogens (primary N) is 1. The number of nitrogens with zero attached hydrogens (tertiary/aromatic N) is 1. The number of nitrogens with one attached hydrogen (secondary N) is 1. The van der Waals surface area contributed by atoms with Gasteiger partial charge in [-0.15, -0.1) is 11.8 Å². The molecule has 31 heavy (non-hydrogen) atoms. The lowest BCUT2D eigenvalue weighted by atomic mass is 9.90. The minimum absolute atomic E-state index is 0.253. The molecule has 3 unspecified atom stereocenters. The standard InChI is InChI=1S/C23H31N3O4S/c1-23(2)18(22(29)30-13-14-9-5-3-6-10-14)26-20(28)17(21(26)31-23)25-19(27)16(24)15-11-7-4-8-12-15/h4,7-8,11-12,14,16-18,21H,3,5-6,9-10,13,24H2,1-2H3,(H,25,27)/t16-,17?,18?,21?/m1/s1. The van der Waals surface area contributed by atoms with E-state index < -0.39 is 28.8 Å². The van der Waals surface area contributed by atoms with Crippen LogP contribution in [-0.4, -0.2) is 51.5 Å². The van der Waals surface area contributed by atoms with Gasteiger partial charge in [-0.1, -0.05) is 49.6 Å². The van der Waals surface area contributed by atoms with E-state index in [2.05, 4.69) is 5.32 Å². The van der Waals surface area contributed by atoms with Crippen LogP contribution in [0.2, 0.25) is 0 Å². The number of esters is 1. The number of β-lactam (4-membered cyclic amide) rings is 1. The second-order valence-corrected chi connectivity index (χ2v) is 11.0. The molecule has 2 aliphatic heterocycles. The zero-order valence-electron chi connectivity index (χ0n) is 18.1. The van der Waals surface area contributed by atoms with Crippen LogP contribution in [0.4, 0.5) is 0 Å². The average Bonchev–Trinajstić information content (AvgIpc) is 3.04. The highest BCUT2D eigenvalue weighted by Gasteiger charge is 2.64. The van der Waals surface area contributed by atoms with E-state index in [4.69, 9.17) is 10.5 Å². The zero-order valence-corrected chi connectivity index (χ0v) is 18.9. The van der Waals surface area contributed by atoms with Gasteiger partial charge in [-0.2, -0.15) is 0 Å². The van der Waals surface area contributed by atoms with Gasteiger partial charge in [0.1, 0.15) is 23.5 Å². The fraction of sp³-hybridized carbons (Fsp3) is 0.609. The molecule has 3 aliphatic rings. The molecule has 4 atom stereocenters. The Labute approximate surface area is 187 Å². The van der Waals surface area contributed by atoms with Crippen molar-refractivity contribution in [3.8, 4) is 0 Å². The number of fused-ring (bicyclic) bond motifs is 1. The summed E-state index contributed by atoms with van der Waals surface area (Å²) in [7, 11) is 0. The number of hydrogen-bond acceptors (Lipinski definition) is 6. The van der Waals surface area contributed by atoms with Crippen molar-refractivity contribution in [2.75, 3.05) is 6.61 Å². The summed E-state index contributed by atoms with van der Waals surface area (Å²) in [6, 6.07) is 6.88. The lowest BCUT2D eigenvalue weighted by Crippen LogP contribution is -2.71. The minimum Gasteiger partial charge on any atom is -0.464 e. The first-order valence-electron chi connectivity index (χ1n) is 11.1. The maximum absolute atomic E-state index is 12.9. The van der Waals surface area contributed by atoms with Gasteiger partial charge in [0.2, 0.25) is 11.8 Å². The molecule has 168 valence electrons. The Kier molecular flexibility index (Phi) is 6.30. The summed E-state index contributed by atoms with van der Waals surface area (Å²) in [5.74, 6) is -0.573. The van der Waals surface area contributed by atoms with E-state index in [0.717, 1.165) is 12.8 Å². The predicted octanol–water partition coefficient (Wildman–Crippen LogP) is 2.36. The molecule has 2 saturated heterocycles. The van der Waals surface area contributed by atoms with Crippen LogP contribution in [0.25, 0.3) is 0 Å². The third-order valence-electron chi connectivity index (χ3n) is 6.59. The zero-order chi connectivity index (χ0) is 22.2. The van der Waals surface area contributed by atoms with Gasteiger partial charge < -0.3 is 20.7 Å². The summed E-state index contributed by atoms with van der Waals surface area (Å²) in [6.45, 7) is 4.32. The maximum Gasteiger partial charge on any atom is 0.330 e. The second-order valence-electron chi connectivity index (χ2n) is 9.27. The minimum atomic E-state index is -0.848. The summed E-state index contributed by atoms with van der Waals surface area (Å²) in [6.07, 6.45) is 5.81. The Morgan fingerprint density at radius 2 is 1.90 bits per heavy atom. The fourth-order valence-corrected chi connectivity index (χ4v) is 6.43. The van der Waals surface area contributed by atoms with Gasteiger partial charge in [0.15, 0.2) is 0 Å². The van der Waals surface area contributed by atoms with Crippen molar-refractivity contribution in [1.29, 1.82) is 0 Å². The van der Waals surface area contributed by atoms with Crippen LogP contribution < -0.4 is 11.1 Å². The summed E-state index contributed by atoms with van der Waals surface area (Å²) >= 11 is 1.53. The van der Waals surface area contributed by atoms with E-state index in [0.29, 0.717) is 18.1 Å². The van der Waals surface area contributed by atoms with Gasteiger partial charge in [0, 0.05) is 4.75 Å². The monoisotopic (exact) mass is 445 g/mol. The molecule has 3 fully saturated rings. The van der Waals surface area contributed by atoms with E-state index in [1.165, 1.54) is 31.0 Å². The number of ether oxygens (including phenoxy) is 1. The molecular formula is C23H31N3O4S. The number of carbonyl (C=O) groups excluding carboxylic acids is 3. The first kappa shape index (κ1) is 22.1. The third kappa shape index (κ3) is 4.32. The Morgan fingerprint density at radius 1 is 1.23 bits per heavy atom. The molecule has 1 aromatic rings. The van der Waals surface area contributed by atoms with Crippen molar-refractivity contribution in [2.24, 2.45) is 11.7 Å². The van der Waals surface area contributed by atoms with Crippen molar-refractivity contribution in [1.82, 2.24) is 10.2 Å². The second kappa shape index (κ2) is 8.82. The molecule has 8 heteroatoms. The molecular weight excluding hydrogens is 414 g/mol. The van der Waals surface area contributed by atoms with Crippen molar-refractivity contribution in [3.05, 3.63) is 35.9 Å². The molecule has 2 amide bonds. The smallest absolute Gasteiger partial charge is 0.330 e. The van der Waals surface area contributed by atoms with Crippen molar-refractivity contribution >= 4 is 29.5 Å². The topological polar surface area (TPSA) is 102 Å².